The molecule has 0 bridgehead atoms. The van der Waals surface area contributed by atoms with Crippen LogP contribution in [0.1, 0.15) is 5.56 Å². The van der Waals surface area contributed by atoms with Gasteiger partial charge in [-0.2, -0.15) is 0 Å². The van der Waals surface area contributed by atoms with Gasteiger partial charge in [-0.05, 0) is 35.4 Å². The Labute approximate surface area is 205 Å². The summed E-state index contributed by atoms with van der Waals surface area (Å²) >= 11 is 0. The van der Waals surface area contributed by atoms with E-state index in [1.165, 1.54) is 0 Å². The summed E-state index contributed by atoms with van der Waals surface area (Å²) in [5.41, 5.74) is 2.87. The van der Waals surface area contributed by atoms with Crippen LogP contribution in [0.2, 0.25) is 0 Å². The number of rotatable bonds is 7. The molecule has 2 aromatic carbocycles. The Kier molecular flexibility index (Phi) is 6.79. The zero-order valence-corrected chi connectivity index (χ0v) is 20.2. The molecule has 5 rings (SSSR count). The van der Waals surface area contributed by atoms with E-state index in [1.807, 2.05) is 65.7 Å². The van der Waals surface area contributed by atoms with Crippen LogP contribution in [0, 0.1) is 5.92 Å². The predicted molar refractivity (Wildman–Crippen MR) is 133 cm³/mol. The Balaban J connectivity index is 1.23. The molecule has 0 aliphatic carbocycles. The SMILES string of the molecule is O=C1NCNC2C1C(c1ccc(OCC(O)CN3CCS(=O)(=O)CC3)cc1)=CN2c1ccccc1. The summed E-state index contributed by atoms with van der Waals surface area (Å²) in [6, 6.07) is 17.5. The Hall–Kier alpha value is -2.92. The fourth-order valence-corrected chi connectivity index (χ4v) is 6.08. The highest BCUT2D eigenvalue weighted by Gasteiger charge is 2.43. The molecule has 1 amide bonds. The lowest BCUT2D eigenvalue weighted by Crippen LogP contribution is -2.58. The third-order valence-corrected chi connectivity index (χ3v) is 8.28. The van der Waals surface area contributed by atoms with Crippen molar-refractivity contribution in [1.82, 2.24) is 15.5 Å². The number of β-amino-alcohol motifs (C(OH)–C–C–N with tert-alkyl or cyclic N) is 1. The first-order valence-corrected chi connectivity index (χ1v) is 13.6. The van der Waals surface area contributed by atoms with Crippen LogP contribution >= 0.6 is 0 Å². The van der Waals surface area contributed by atoms with Crippen LogP contribution in [0.4, 0.5) is 5.69 Å². The summed E-state index contributed by atoms with van der Waals surface area (Å²) in [5, 5.41) is 16.6. The van der Waals surface area contributed by atoms with Gasteiger partial charge in [-0.3, -0.25) is 15.0 Å². The molecule has 0 radical (unpaired) electrons. The van der Waals surface area contributed by atoms with Gasteiger partial charge >= 0.3 is 0 Å². The highest BCUT2D eigenvalue weighted by atomic mass is 32.2. The monoisotopic (exact) mass is 498 g/mol. The maximum atomic E-state index is 12.8. The molecular weight excluding hydrogens is 468 g/mol. The number of sulfone groups is 1. The van der Waals surface area contributed by atoms with Crippen molar-refractivity contribution in [2.45, 2.75) is 12.3 Å². The topological polar surface area (TPSA) is 111 Å². The predicted octanol–water partition coefficient (Wildman–Crippen LogP) is 0.637. The normalized spacial score (nSPS) is 24.9. The molecule has 35 heavy (non-hydrogen) atoms. The maximum Gasteiger partial charge on any atom is 0.232 e. The summed E-state index contributed by atoms with van der Waals surface area (Å²) in [5.74, 6) is 0.540. The zero-order valence-electron chi connectivity index (χ0n) is 19.3. The number of aliphatic hydroxyl groups is 1. The smallest absolute Gasteiger partial charge is 0.232 e. The number of nitrogens with one attached hydrogen (secondary N) is 2. The van der Waals surface area contributed by atoms with Crippen molar-refractivity contribution in [2.75, 3.05) is 49.3 Å². The number of carbonyl (C=O) groups is 1. The van der Waals surface area contributed by atoms with Crippen LogP contribution < -0.4 is 20.3 Å². The number of hydrogen-bond acceptors (Lipinski definition) is 8. The summed E-state index contributed by atoms with van der Waals surface area (Å²) in [6.07, 6.45) is 1.16. The van der Waals surface area contributed by atoms with Gasteiger partial charge < -0.3 is 20.1 Å². The van der Waals surface area contributed by atoms with Gasteiger partial charge in [0.15, 0.2) is 9.84 Å². The molecule has 0 spiro atoms. The minimum absolute atomic E-state index is 0.00704. The van der Waals surface area contributed by atoms with Crippen LogP contribution in [0.25, 0.3) is 5.57 Å². The molecule has 3 atom stereocenters. The molecule has 3 N–H and O–H groups in total. The van der Waals surface area contributed by atoms with Gasteiger partial charge in [0.25, 0.3) is 0 Å². The van der Waals surface area contributed by atoms with Crippen LogP contribution in [0.5, 0.6) is 5.75 Å². The third kappa shape index (κ3) is 5.35. The minimum atomic E-state index is -2.94. The molecule has 3 heterocycles. The summed E-state index contributed by atoms with van der Waals surface area (Å²) < 4.78 is 28.9. The van der Waals surface area contributed by atoms with E-state index in [0.29, 0.717) is 32.1 Å². The van der Waals surface area contributed by atoms with Crippen molar-refractivity contribution in [2.24, 2.45) is 5.92 Å². The van der Waals surface area contributed by atoms with Crippen molar-refractivity contribution >= 4 is 27.0 Å². The number of benzene rings is 2. The molecule has 3 aliphatic rings. The number of para-hydroxylation sites is 1. The highest BCUT2D eigenvalue weighted by molar-refractivity contribution is 7.91. The summed E-state index contributed by atoms with van der Waals surface area (Å²) in [4.78, 5) is 16.8. The summed E-state index contributed by atoms with van der Waals surface area (Å²) in [6.45, 7) is 1.79. The lowest BCUT2D eigenvalue weighted by Gasteiger charge is -2.34. The van der Waals surface area contributed by atoms with Gasteiger partial charge in [-0.15, -0.1) is 0 Å². The first kappa shape index (κ1) is 23.8. The van der Waals surface area contributed by atoms with Crippen LogP contribution in [-0.4, -0.2) is 81.0 Å². The number of fused-ring (bicyclic) bond motifs is 1. The second-order valence-electron chi connectivity index (χ2n) is 9.11. The van der Waals surface area contributed by atoms with Crippen LogP contribution in [-0.2, 0) is 14.6 Å². The van der Waals surface area contributed by atoms with E-state index in [-0.39, 0.29) is 36.1 Å². The molecule has 186 valence electrons. The zero-order chi connectivity index (χ0) is 24.4. The van der Waals surface area contributed by atoms with E-state index in [1.54, 1.807) is 0 Å². The standard InChI is InChI=1S/C25H30N4O5S/c30-20(14-28-10-12-35(32,33)13-11-28)16-34-21-8-6-18(7-9-21)22-15-29(19-4-2-1-3-5-19)24-23(22)25(31)27-17-26-24/h1-9,15,20,23-24,26,30H,10-14,16-17H2,(H,27,31). The van der Waals surface area contributed by atoms with Gasteiger partial charge in [0.05, 0.1) is 24.1 Å². The Bertz CT molecular complexity index is 1170. The maximum absolute atomic E-state index is 12.8. The quantitative estimate of drug-likeness (QED) is 0.510. The van der Waals surface area contributed by atoms with E-state index in [2.05, 4.69) is 15.5 Å². The Morgan fingerprint density at radius 2 is 1.77 bits per heavy atom. The molecule has 3 aliphatic heterocycles. The molecule has 3 unspecified atom stereocenters. The molecule has 9 nitrogen and oxygen atoms in total. The average molecular weight is 499 g/mol. The highest BCUT2D eigenvalue weighted by Crippen LogP contribution is 2.38. The number of anilines is 1. The van der Waals surface area contributed by atoms with Gasteiger partial charge in [-0.1, -0.05) is 30.3 Å². The number of nitrogens with zero attached hydrogens (tertiary/aromatic N) is 2. The summed E-state index contributed by atoms with van der Waals surface area (Å²) in [7, 11) is -2.94. The number of hydrogen-bond donors (Lipinski definition) is 3. The molecule has 0 aromatic heterocycles. The second-order valence-corrected chi connectivity index (χ2v) is 11.4. The van der Waals surface area contributed by atoms with Gasteiger partial charge in [-0.25, -0.2) is 8.42 Å². The number of carbonyl (C=O) groups excluding carboxylic acids is 1. The minimum Gasteiger partial charge on any atom is -0.491 e. The first-order valence-electron chi connectivity index (χ1n) is 11.8. The molecule has 2 aromatic rings. The Morgan fingerprint density at radius 1 is 1.06 bits per heavy atom. The van der Waals surface area contributed by atoms with Crippen molar-refractivity contribution in [3.05, 3.63) is 66.4 Å². The molecule has 2 fully saturated rings. The van der Waals surface area contributed by atoms with Crippen molar-refractivity contribution in [3.8, 4) is 5.75 Å². The van der Waals surface area contributed by atoms with E-state index in [9.17, 15) is 18.3 Å². The van der Waals surface area contributed by atoms with Crippen molar-refractivity contribution < 1.29 is 23.1 Å². The van der Waals surface area contributed by atoms with Gasteiger partial charge in [0, 0.05) is 31.5 Å². The van der Waals surface area contributed by atoms with Crippen molar-refractivity contribution in [3.63, 3.8) is 0 Å². The van der Waals surface area contributed by atoms with Crippen LogP contribution in [0.15, 0.2) is 60.8 Å². The number of amides is 1. The van der Waals surface area contributed by atoms with E-state index >= 15 is 0 Å². The average Bonchev–Trinajstić information content (AvgIpc) is 3.26. The van der Waals surface area contributed by atoms with Crippen LogP contribution in [0.3, 0.4) is 0 Å². The Morgan fingerprint density at radius 3 is 2.49 bits per heavy atom. The van der Waals surface area contributed by atoms with E-state index < -0.39 is 15.9 Å². The first-order chi connectivity index (χ1) is 16.9. The fourth-order valence-electron chi connectivity index (χ4n) is 4.80. The second kappa shape index (κ2) is 9.98. The largest absolute Gasteiger partial charge is 0.491 e. The molecular formula is C25H30N4O5S. The van der Waals surface area contributed by atoms with E-state index in [4.69, 9.17) is 4.74 Å². The number of aliphatic hydroxyl groups excluding tert-OH is 1. The van der Waals surface area contributed by atoms with E-state index in [0.717, 1.165) is 16.8 Å². The third-order valence-electron chi connectivity index (χ3n) is 6.68. The fraction of sp³-hybridized carbons (Fsp3) is 0.400. The lowest BCUT2D eigenvalue weighted by molar-refractivity contribution is -0.125. The number of ether oxygens (including phenoxy) is 1. The molecule has 10 heteroatoms. The van der Waals surface area contributed by atoms with Gasteiger partial charge in [0.1, 0.15) is 24.6 Å². The molecule has 0 saturated carbocycles. The lowest BCUT2D eigenvalue weighted by atomic mass is 9.91. The molecule has 2 saturated heterocycles. The van der Waals surface area contributed by atoms with Crippen molar-refractivity contribution in [1.29, 1.82) is 0 Å². The van der Waals surface area contributed by atoms with Gasteiger partial charge in [0.2, 0.25) is 5.91 Å².